The average molecular weight is 523 g/mol. The molecule has 1 aromatic carbocycles. The average Bonchev–Trinajstić information content (AvgIpc) is 3.20. The Morgan fingerprint density at radius 2 is 1.94 bits per heavy atom. The fraction of sp³-hybridized carbons (Fsp3) is 0.348. The number of rotatable bonds is 5. The van der Waals surface area contributed by atoms with Gasteiger partial charge < -0.3 is 9.64 Å². The molecule has 0 radical (unpaired) electrons. The molecule has 1 atom stereocenters. The summed E-state index contributed by atoms with van der Waals surface area (Å²) in [4.78, 5) is 19.6. The van der Waals surface area contributed by atoms with E-state index in [4.69, 9.17) is 4.74 Å². The summed E-state index contributed by atoms with van der Waals surface area (Å²) in [6.07, 6.45) is -1.21. The lowest BCUT2D eigenvalue weighted by Gasteiger charge is -2.34. The number of ether oxygens (including phenoxy) is 1. The molecule has 10 heteroatoms. The number of aromatic nitrogens is 3. The van der Waals surface area contributed by atoms with Gasteiger partial charge in [-0.25, -0.2) is 0 Å². The van der Waals surface area contributed by atoms with Crippen molar-refractivity contribution in [3.05, 3.63) is 64.7 Å². The molecule has 0 spiro atoms. The number of amides is 1. The molecule has 0 saturated heterocycles. The first-order chi connectivity index (χ1) is 15.6. The third-order valence-electron chi connectivity index (χ3n) is 5.83. The van der Waals surface area contributed by atoms with Crippen LogP contribution >= 0.6 is 15.9 Å². The lowest BCUT2D eigenvalue weighted by molar-refractivity contribution is -0.140. The Hall–Kier alpha value is -2.88. The van der Waals surface area contributed by atoms with E-state index in [-0.39, 0.29) is 17.5 Å². The number of aryl methyl sites for hydroxylation is 1. The predicted octanol–water partition coefficient (Wildman–Crippen LogP) is 5.16. The molecule has 0 N–H and O–H groups in total. The molecule has 3 heterocycles. The number of carbonyl (C=O) groups excluding carboxylic acids is 1. The Kier molecular flexibility index (Phi) is 6.22. The fourth-order valence-electron chi connectivity index (χ4n) is 4.21. The quantitative estimate of drug-likeness (QED) is 0.434. The number of hydrogen-bond acceptors (Lipinski definition) is 4. The number of methoxy groups -OCH3 is 1. The smallest absolute Gasteiger partial charge is 0.435 e. The zero-order valence-corrected chi connectivity index (χ0v) is 19.9. The third kappa shape index (κ3) is 4.36. The minimum atomic E-state index is -4.61. The van der Waals surface area contributed by atoms with Crippen LogP contribution in [0, 0.1) is 0 Å². The van der Waals surface area contributed by atoms with Crippen LogP contribution in [0.3, 0.4) is 0 Å². The number of fused-ring (bicyclic) bond motifs is 1. The molecule has 0 saturated carbocycles. The van der Waals surface area contributed by atoms with Gasteiger partial charge in [0.2, 0.25) is 0 Å². The maximum Gasteiger partial charge on any atom is 0.435 e. The fourth-order valence-corrected chi connectivity index (χ4v) is 4.53. The maximum atomic E-state index is 13.7. The second kappa shape index (κ2) is 8.81. The molecular formula is C23H22BrF3N4O2. The van der Waals surface area contributed by atoms with Gasteiger partial charge in [0.25, 0.3) is 5.91 Å². The Labute approximate surface area is 197 Å². The number of pyridine rings is 1. The normalized spacial score (nSPS) is 14.9. The zero-order valence-electron chi connectivity index (χ0n) is 18.3. The molecule has 3 aromatic rings. The van der Waals surface area contributed by atoms with Crippen LogP contribution in [-0.2, 0) is 25.0 Å². The maximum absolute atomic E-state index is 13.7. The first-order valence-corrected chi connectivity index (χ1v) is 11.4. The molecule has 4 rings (SSSR count). The van der Waals surface area contributed by atoms with Crippen molar-refractivity contribution in [2.24, 2.45) is 7.05 Å². The summed E-state index contributed by atoms with van der Waals surface area (Å²) in [5.74, 6) is 0.395. The molecule has 1 amide bonds. The van der Waals surface area contributed by atoms with Crippen molar-refractivity contribution < 1.29 is 22.7 Å². The SMILES string of the molecule is COc1ccnc([C@H](C)N2CCc3c(cc(CBr)cc3-c3cn(C)nc3C(F)(F)F)C2=O)c1. The van der Waals surface area contributed by atoms with E-state index in [9.17, 15) is 18.0 Å². The molecular weight excluding hydrogens is 501 g/mol. The van der Waals surface area contributed by atoms with Crippen LogP contribution in [0.2, 0.25) is 0 Å². The van der Waals surface area contributed by atoms with E-state index in [0.717, 1.165) is 4.68 Å². The minimum absolute atomic E-state index is 0.0205. The summed E-state index contributed by atoms with van der Waals surface area (Å²) in [7, 11) is 3.01. The van der Waals surface area contributed by atoms with Crippen molar-refractivity contribution in [2.45, 2.75) is 30.9 Å². The monoisotopic (exact) mass is 522 g/mol. The lowest BCUT2D eigenvalue weighted by atomic mass is 9.88. The zero-order chi connectivity index (χ0) is 23.9. The van der Waals surface area contributed by atoms with Crippen LogP contribution < -0.4 is 4.74 Å². The largest absolute Gasteiger partial charge is 0.497 e. The van der Waals surface area contributed by atoms with Gasteiger partial charge in [-0.05, 0) is 48.2 Å². The number of nitrogens with zero attached hydrogens (tertiary/aromatic N) is 4. The Balaban J connectivity index is 1.79. The highest BCUT2D eigenvalue weighted by Crippen LogP contribution is 2.40. The van der Waals surface area contributed by atoms with E-state index in [1.807, 2.05) is 6.92 Å². The first kappa shape index (κ1) is 23.3. The molecule has 0 unspecified atom stereocenters. The number of benzene rings is 1. The molecule has 0 fully saturated rings. The highest BCUT2D eigenvalue weighted by atomic mass is 79.9. The van der Waals surface area contributed by atoms with E-state index in [2.05, 4.69) is 26.0 Å². The van der Waals surface area contributed by atoms with Gasteiger partial charge in [0.15, 0.2) is 5.69 Å². The Morgan fingerprint density at radius 1 is 1.21 bits per heavy atom. The van der Waals surface area contributed by atoms with Crippen LogP contribution in [0.5, 0.6) is 5.75 Å². The number of hydrogen-bond donors (Lipinski definition) is 0. The molecule has 2 aromatic heterocycles. The van der Waals surface area contributed by atoms with Crippen molar-refractivity contribution in [1.29, 1.82) is 0 Å². The summed E-state index contributed by atoms with van der Waals surface area (Å²) in [5.41, 5.74) is 1.81. The van der Waals surface area contributed by atoms with Gasteiger partial charge in [-0.1, -0.05) is 15.9 Å². The molecule has 0 aliphatic carbocycles. The predicted molar refractivity (Wildman–Crippen MR) is 120 cm³/mol. The van der Waals surface area contributed by atoms with E-state index in [1.54, 1.807) is 42.5 Å². The van der Waals surface area contributed by atoms with Crippen molar-refractivity contribution in [3.63, 3.8) is 0 Å². The van der Waals surface area contributed by atoms with E-state index >= 15 is 0 Å². The Bertz CT molecular complexity index is 1210. The van der Waals surface area contributed by atoms with Crippen LogP contribution in [0.15, 0.2) is 36.7 Å². The molecule has 174 valence electrons. The highest BCUT2D eigenvalue weighted by Gasteiger charge is 2.39. The van der Waals surface area contributed by atoms with Crippen LogP contribution in [0.25, 0.3) is 11.1 Å². The molecule has 6 nitrogen and oxygen atoms in total. The summed E-state index contributed by atoms with van der Waals surface area (Å²) in [6.45, 7) is 2.23. The second-order valence-electron chi connectivity index (χ2n) is 7.91. The van der Waals surface area contributed by atoms with Crippen molar-refractivity contribution >= 4 is 21.8 Å². The van der Waals surface area contributed by atoms with Gasteiger partial charge in [-0.15, -0.1) is 0 Å². The summed E-state index contributed by atoms with van der Waals surface area (Å²) in [5, 5.41) is 4.04. The van der Waals surface area contributed by atoms with Gasteiger partial charge in [0, 0.05) is 48.5 Å². The topological polar surface area (TPSA) is 60.2 Å². The molecule has 1 aliphatic heterocycles. The van der Waals surface area contributed by atoms with Crippen LogP contribution in [-0.4, -0.2) is 39.2 Å². The van der Waals surface area contributed by atoms with Gasteiger partial charge >= 0.3 is 6.18 Å². The van der Waals surface area contributed by atoms with E-state index < -0.39 is 11.9 Å². The number of carbonyl (C=O) groups is 1. The highest BCUT2D eigenvalue weighted by molar-refractivity contribution is 9.08. The van der Waals surface area contributed by atoms with Gasteiger partial charge in [-0.3, -0.25) is 14.5 Å². The number of alkyl halides is 4. The van der Waals surface area contributed by atoms with Gasteiger partial charge in [0.05, 0.1) is 18.8 Å². The number of halogens is 4. The van der Waals surface area contributed by atoms with E-state index in [1.165, 1.54) is 13.2 Å². The molecule has 33 heavy (non-hydrogen) atoms. The lowest BCUT2D eigenvalue weighted by Crippen LogP contribution is -2.40. The minimum Gasteiger partial charge on any atom is -0.497 e. The Morgan fingerprint density at radius 3 is 2.61 bits per heavy atom. The van der Waals surface area contributed by atoms with Crippen molar-refractivity contribution in [1.82, 2.24) is 19.7 Å². The molecule has 1 aliphatic rings. The summed E-state index contributed by atoms with van der Waals surface area (Å²) >= 11 is 3.38. The van der Waals surface area contributed by atoms with Crippen molar-refractivity contribution in [2.75, 3.05) is 13.7 Å². The summed E-state index contributed by atoms with van der Waals surface area (Å²) in [6, 6.07) is 6.62. The van der Waals surface area contributed by atoms with E-state index in [0.29, 0.717) is 52.0 Å². The molecule has 0 bridgehead atoms. The summed E-state index contributed by atoms with van der Waals surface area (Å²) < 4.78 is 47.4. The standard InChI is InChI=1S/C23H22BrF3N4O2/c1-13(20-10-15(33-3)4-6-28-20)31-7-5-16-17(8-14(11-24)9-18(16)22(31)32)19-12-30(2)29-21(19)23(25,26)27/h4,6,8-10,12-13H,5,7,11H2,1-3H3/t13-/m0/s1. The van der Waals surface area contributed by atoms with Gasteiger partial charge in [-0.2, -0.15) is 18.3 Å². The first-order valence-electron chi connectivity index (χ1n) is 10.3. The van der Waals surface area contributed by atoms with Crippen LogP contribution in [0.1, 0.15) is 45.8 Å². The van der Waals surface area contributed by atoms with Crippen LogP contribution in [0.4, 0.5) is 13.2 Å². The van der Waals surface area contributed by atoms with Gasteiger partial charge in [0.1, 0.15) is 5.75 Å². The second-order valence-corrected chi connectivity index (χ2v) is 8.47. The third-order valence-corrected chi connectivity index (χ3v) is 6.48. The van der Waals surface area contributed by atoms with Crippen molar-refractivity contribution in [3.8, 4) is 16.9 Å².